The van der Waals surface area contributed by atoms with E-state index in [1.807, 2.05) is 0 Å². The maximum Gasteiger partial charge on any atom is 0.307 e. The molecule has 0 spiro atoms. The summed E-state index contributed by atoms with van der Waals surface area (Å²) in [6.07, 6.45) is 7.76. The molecule has 2 N–H and O–H groups in total. The maximum absolute atomic E-state index is 12.1. The van der Waals surface area contributed by atoms with Crippen molar-refractivity contribution in [1.82, 2.24) is 5.32 Å². The van der Waals surface area contributed by atoms with Gasteiger partial charge in [-0.25, -0.2) is 0 Å². The van der Waals surface area contributed by atoms with Crippen LogP contribution in [-0.2, 0) is 9.59 Å². The zero-order chi connectivity index (χ0) is 12.3. The van der Waals surface area contributed by atoms with Crippen molar-refractivity contribution in [2.75, 3.05) is 0 Å². The van der Waals surface area contributed by atoms with Crippen LogP contribution < -0.4 is 5.32 Å². The molecule has 2 aliphatic carbocycles. The summed E-state index contributed by atoms with van der Waals surface area (Å²) in [5.41, 5.74) is 0. The van der Waals surface area contributed by atoms with Crippen molar-refractivity contribution in [2.45, 2.75) is 57.4 Å². The zero-order valence-corrected chi connectivity index (χ0v) is 10.2. The zero-order valence-electron chi connectivity index (χ0n) is 10.2. The first-order valence-corrected chi connectivity index (χ1v) is 6.71. The van der Waals surface area contributed by atoms with Gasteiger partial charge in [0.05, 0.1) is 11.8 Å². The van der Waals surface area contributed by atoms with Crippen molar-refractivity contribution in [2.24, 2.45) is 11.8 Å². The Morgan fingerprint density at radius 2 is 1.41 bits per heavy atom. The Hall–Kier alpha value is -1.06. The molecule has 0 aromatic rings. The molecular formula is C13H21NO3. The number of carbonyl (C=O) groups excluding carboxylic acids is 1. The highest BCUT2D eigenvalue weighted by atomic mass is 16.4. The van der Waals surface area contributed by atoms with E-state index >= 15 is 0 Å². The Bertz CT molecular complexity index is 297. The van der Waals surface area contributed by atoms with E-state index in [0.717, 1.165) is 32.1 Å². The second-order valence-electron chi connectivity index (χ2n) is 5.33. The molecule has 0 radical (unpaired) electrons. The molecule has 2 saturated carbocycles. The van der Waals surface area contributed by atoms with E-state index in [4.69, 9.17) is 5.11 Å². The fraction of sp³-hybridized carbons (Fsp3) is 0.846. The molecule has 0 saturated heterocycles. The van der Waals surface area contributed by atoms with Gasteiger partial charge >= 0.3 is 5.97 Å². The largest absolute Gasteiger partial charge is 0.481 e. The molecular weight excluding hydrogens is 218 g/mol. The lowest BCUT2D eigenvalue weighted by Gasteiger charge is -2.28. The summed E-state index contributed by atoms with van der Waals surface area (Å²) in [7, 11) is 0. The highest BCUT2D eigenvalue weighted by Crippen LogP contribution is 2.31. The Kier molecular flexibility index (Phi) is 4.02. The minimum atomic E-state index is -0.809. The van der Waals surface area contributed by atoms with Gasteiger partial charge in [0.2, 0.25) is 5.91 Å². The average Bonchev–Trinajstić information content (AvgIpc) is 2.81. The van der Waals surface area contributed by atoms with Crippen LogP contribution in [0.15, 0.2) is 0 Å². The monoisotopic (exact) mass is 239 g/mol. The third-order valence-electron chi connectivity index (χ3n) is 4.12. The molecule has 0 bridgehead atoms. The van der Waals surface area contributed by atoms with Crippen molar-refractivity contribution in [1.29, 1.82) is 0 Å². The van der Waals surface area contributed by atoms with Crippen molar-refractivity contribution >= 4 is 11.9 Å². The molecule has 2 atom stereocenters. The van der Waals surface area contributed by atoms with E-state index in [1.54, 1.807) is 0 Å². The van der Waals surface area contributed by atoms with Gasteiger partial charge < -0.3 is 10.4 Å². The summed E-state index contributed by atoms with van der Waals surface area (Å²) in [5.74, 6) is -1.60. The summed E-state index contributed by atoms with van der Waals surface area (Å²) in [4.78, 5) is 23.2. The van der Waals surface area contributed by atoms with Crippen LogP contribution in [0, 0.1) is 11.8 Å². The van der Waals surface area contributed by atoms with E-state index in [-0.39, 0.29) is 11.8 Å². The minimum Gasteiger partial charge on any atom is -0.481 e. The van der Waals surface area contributed by atoms with E-state index in [2.05, 4.69) is 5.32 Å². The molecule has 2 aliphatic rings. The molecule has 0 aromatic heterocycles. The second-order valence-corrected chi connectivity index (χ2v) is 5.33. The van der Waals surface area contributed by atoms with Crippen LogP contribution in [0.2, 0.25) is 0 Å². The smallest absolute Gasteiger partial charge is 0.307 e. The highest BCUT2D eigenvalue weighted by molar-refractivity contribution is 5.85. The third kappa shape index (κ3) is 2.99. The van der Waals surface area contributed by atoms with Gasteiger partial charge in [-0.1, -0.05) is 25.7 Å². The van der Waals surface area contributed by atoms with Crippen molar-refractivity contribution in [3.63, 3.8) is 0 Å². The molecule has 4 nitrogen and oxygen atoms in total. The topological polar surface area (TPSA) is 66.4 Å². The lowest BCUT2D eigenvalue weighted by molar-refractivity contribution is -0.149. The standard InChI is InChI=1S/C13H21NO3/c15-12(14-9-5-1-2-6-9)10-7-3-4-8-11(10)13(16)17/h9-11H,1-8H2,(H,14,15)(H,16,17)/t10-,11-/m1/s1. The molecule has 0 aromatic carbocycles. The van der Waals surface area contributed by atoms with Crippen molar-refractivity contribution in [3.05, 3.63) is 0 Å². The fourth-order valence-corrected chi connectivity index (χ4v) is 3.12. The highest BCUT2D eigenvalue weighted by Gasteiger charge is 2.36. The SMILES string of the molecule is O=C(O)[C@@H]1CCCC[C@H]1C(=O)NC1CCCC1. The van der Waals surface area contributed by atoms with E-state index in [1.165, 1.54) is 12.8 Å². The predicted octanol–water partition coefficient (Wildman–Crippen LogP) is 1.94. The average molecular weight is 239 g/mol. The van der Waals surface area contributed by atoms with Crippen LogP contribution in [0.5, 0.6) is 0 Å². The van der Waals surface area contributed by atoms with Crippen molar-refractivity contribution < 1.29 is 14.7 Å². The van der Waals surface area contributed by atoms with Gasteiger partial charge in [0, 0.05) is 6.04 Å². The maximum atomic E-state index is 12.1. The first kappa shape index (κ1) is 12.4. The summed E-state index contributed by atoms with van der Waals surface area (Å²) in [6.45, 7) is 0. The lowest BCUT2D eigenvalue weighted by atomic mass is 9.78. The van der Waals surface area contributed by atoms with Crippen LogP contribution in [0.1, 0.15) is 51.4 Å². The van der Waals surface area contributed by atoms with E-state index in [9.17, 15) is 9.59 Å². The predicted molar refractivity (Wildman–Crippen MR) is 63.5 cm³/mol. The molecule has 0 unspecified atom stereocenters. The second kappa shape index (κ2) is 5.52. The van der Waals surface area contributed by atoms with E-state index in [0.29, 0.717) is 12.5 Å². The number of carbonyl (C=O) groups is 2. The van der Waals surface area contributed by atoms with Crippen LogP contribution in [0.4, 0.5) is 0 Å². The van der Waals surface area contributed by atoms with Gasteiger partial charge in [-0.2, -0.15) is 0 Å². The Morgan fingerprint density at radius 1 is 0.882 bits per heavy atom. The minimum absolute atomic E-state index is 0.0241. The number of hydrogen-bond acceptors (Lipinski definition) is 2. The first-order valence-electron chi connectivity index (χ1n) is 6.71. The first-order chi connectivity index (χ1) is 8.18. The lowest BCUT2D eigenvalue weighted by Crippen LogP contribution is -2.43. The number of rotatable bonds is 3. The normalized spacial score (nSPS) is 30.1. The van der Waals surface area contributed by atoms with Gasteiger partial charge in [-0.3, -0.25) is 9.59 Å². The summed E-state index contributed by atoms with van der Waals surface area (Å²) < 4.78 is 0. The molecule has 96 valence electrons. The summed E-state index contributed by atoms with van der Waals surface area (Å²) in [6, 6.07) is 0.291. The van der Waals surface area contributed by atoms with Gasteiger partial charge in [0.1, 0.15) is 0 Å². The Morgan fingerprint density at radius 3 is 2.00 bits per heavy atom. The number of hydrogen-bond donors (Lipinski definition) is 2. The van der Waals surface area contributed by atoms with Gasteiger partial charge in [-0.15, -0.1) is 0 Å². The molecule has 4 heteroatoms. The van der Waals surface area contributed by atoms with Crippen LogP contribution in [-0.4, -0.2) is 23.0 Å². The molecule has 0 heterocycles. The number of carboxylic acid groups (broad SMARTS) is 1. The third-order valence-corrected chi connectivity index (χ3v) is 4.12. The Labute approximate surface area is 102 Å². The quantitative estimate of drug-likeness (QED) is 0.791. The fourth-order valence-electron chi connectivity index (χ4n) is 3.12. The van der Waals surface area contributed by atoms with Crippen molar-refractivity contribution in [3.8, 4) is 0 Å². The van der Waals surface area contributed by atoms with E-state index < -0.39 is 11.9 Å². The van der Waals surface area contributed by atoms with Crippen LogP contribution >= 0.6 is 0 Å². The van der Waals surface area contributed by atoms with Gasteiger partial charge in [0.15, 0.2) is 0 Å². The Balaban J connectivity index is 1.93. The number of carboxylic acids is 1. The molecule has 2 fully saturated rings. The number of amides is 1. The molecule has 1 amide bonds. The summed E-state index contributed by atoms with van der Waals surface area (Å²) in [5, 5.41) is 12.2. The molecule has 0 aliphatic heterocycles. The van der Waals surface area contributed by atoms with Gasteiger partial charge in [0.25, 0.3) is 0 Å². The number of aliphatic carboxylic acids is 1. The van der Waals surface area contributed by atoms with Crippen LogP contribution in [0.3, 0.4) is 0 Å². The number of nitrogens with one attached hydrogen (secondary N) is 1. The summed E-state index contributed by atoms with van der Waals surface area (Å²) >= 11 is 0. The van der Waals surface area contributed by atoms with Gasteiger partial charge in [-0.05, 0) is 25.7 Å². The van der Waals surface area contributed by atoms with Crippen LogP contribution in [0.25, 0.3) is 0 Å². The molecule has 2 rings (SSSR count). The molecule has 17 heavy (non-hydrogen) atoms.